The van der Waals surface area contributed by atoms with Crippen LogP contribution in [0.25, 0.3) is 22.3 Å². The summed E-state index contributed by atoms with van der Waals surface area (Å²) in [4.78, 5) is 9.41. The Kier molecular flexibility index (Phi) is 6.87. The molecule has 0 unspecified atom stereocenters. The fraction of sp³-hybridized carbons (Fsp3) is 0.0909. The zero-order valence-electron chi connectivity index (χ0n) is 16.1. The molecule has 0 amide bonds. The standard InChI is InChI=1S/C22H17Cl2N3O2.ClH/c1-28-19-10-8-14(12-20(19)29-2)25-22-16-5-3-4-6-18(16)26-21(27-22)15-9-7-13(23)11-17(15)24;/h3-12H,1-2H3,(H,25,26,27);1H. The summed E-state index contributed by atoms with van der Waals surface area (Å²) in [5, 5.41) is 5.29. The Balaban J connectivity index is 0.00000256. The molecule has 8 heteroatoms. The summed E-state index contributed by atoms with van der Waals surface area (Å²) in [5.74, 6) is 2.44. The van der Waals surface area contributed by atoms with Gasteiger partial charge < -0.3 is 14.8 Å². The largest absolute Gasteiger partial charge is 0.493 e. The first-order valence-electron chi connectivity index (χ1n) is 8.80. The number of hydrogen-bond acceptors (Lipinski definition) is 5. The maximum absolute atomic E-state index is 6.39. The highest BCUT2D eigenvalue weighted by Crippen LogP contribution is 2.34. The van der Waals surface area contributed by atoms with Gasteiger partial charge in [-0.25, -0.2) is 9.97 Å². The van der Waals surface area contributed by atoms with Crippen LogP contribution < -0.4 is 14.8 Å². The molecule has 3 aromatic carbocycles. The minimum absolute atomic E-state index is 0. The van der Waals surface area contributed by atoms with Crippen molar-refractivity contribution in [3.63, 3.8) is 0 Å². The number of ether oxygens (including phenoxy) is 2. The Morgan fingerprint density at radius 1 is 0.833 bits per heavy atom. The molecule has 0 spiro atoms. The van der Waals surface area contributed by atoms with Gasteiger partial charge in [0.1, 0.15) is 5.82 Å². The molecule has 0 saturated carbocycles. The first-order valence-corrected chi connectivity index (χ1v) is 9.56. The van der Waals surface area contributed by atoms with Crippen LogP contribution in [0.4, 0.5) is 11.5 Å². The van der Waals surface area contributed by atoms with E-state index in [2.05, 4.69) is 10.3 Å². The van der Waals surface area contributed by atoms with Crippen molar-refractivity contribution in [3.8, 4) is 22.9 Å². The van der Waals surface area contributed by atoms with Crippen LogP contribution in [0.2, 0.25) is 10.0 Å². The lowest BCUT2D eigenvalue weighted by Crippen LogP contribution is -2.00. The molecule has 0 bridgehead atoms. The Hall–Kier alpha value is -2.73. The third-order valence-corrected chi connectivity index (χ3v) is 4.97. The van der Waals surface area contributed by atoms with E-state index in [0.717, 1.165) is 16.6 Å². The Morgan fingerprint density at radius 3 is 2.33 bits per heavy atom. The Labute approximate surface area is 190 Å². The Morgan fingerprint density at radius 2 is 1.60 bits per heavy atom. The van der Waals surface area contributed by atoms with E-state index in [4.69, 9.17) is 37.7 Å². The monoisotopic (exact) mass is 461 g/mol. The van der Waals surface area contributed by atoms with Gasteiger partial charge >= 0.3 is 0 Å². The number of fused-ring (bicyclic) bond motifs is 1. The first kappa shape index (κ1) is 22.0. The van der Waals surface area contributed by atoms with Crippen LogP contribution in [0.1, 0.15) is 0 Å². The minimum atomic E-state index is 0. The minimum Gasteiger partial charge on any atom is -0.493 e. The number of para-hydroxylation sites is 1. The molecule has 5 nitrogen and oxygen atoms in total. The molecule has 1 aromatic heterocycles. The van der Waals surface area contributed by atoms with Crippen molar-refractivity contribution in [2.24, 2.45) is 0 Å². The average Bonchev–Trinajstić information content (AvgIpc) is 2.73. The quantitative estimate of drug-likeness (QED) is 0.354. The maximum atomic E-state index is 6.39. The number of benzene rings is 3. The average molecular weight is 463 g/mol. The molecular weight excluding hydrogens is 445 g/mol. The number of hydrogen-bond donors (Lipinski definition) is 1. The van der Waals surface area contributed by atoms with Gasteiger partial charge in [-0.1, -0.05) is 35.3 Å². The Bertz CT molecular complexity index is 1200. The first-order chi connectivity index (χ1) is 14.1. The number of nitrogens with one attached hydrogen (secondary N) is 1. The van der Waals surface area contributed by atoms with E-state index in [1.807, 2.05) is 48.5 Å². The van der Waals surface area contributed by atoms with Gasteiger partial charge in [0, 0.05) is 27.7 Å². The second-order valence-corrected chi connectivity index (χ2v) is 7.08. The summed E-state index contributed by atoms with van der Waals surface area (Å²) < 4.78 is 10.7. The molecule has 0 atom stereocenters. The van der Waals surface area contributed by atoms with Crippen LogP contribution in [0, 0.1) is 0 Å². The fourth-order valence-electron chi connectivity index (χ4n) is 3.01. The second-order valence-electron chi connectivity index (χ2n) is 6.23. The van der Waals surface area contributed by atoms with E-state index in [1.54, 1.807) is 26.4 Å². The smallest absolute Gasteiger partial charge is 0.163 e. The third-order valence-electron chi connectivity index (χ3n) is 4.42. The van der Waals surface area contributed by atoms with Crippen molar-refractivity contribution in [1.29, 1.82) is 0 Å². The van der Waals surface area contributed by atoms with Crippen LogP contribution in [-0.4, -0.2) is 24.2 Å². The van der Waals surface area contributed by atoms with Gasteiger partial charge in [-0.05, 0) is 42.5 Å². The highest BCUT2D eigenvalue weighted by atomic mass is 35.5. The van der Waals surface area contributed by atoms with Crippen molar-refractivity contribution < 1.29 is 9.47 Å². The summed E-state index contributed by atoms with van der Waals surface area (Å²) in [6.07, 6.45) is 0. The van der Waals surface area contributed by atoms with Gasteiger partial charge in [0.05, 0.1) is 24.8 Å². The molecule has 30 heavy (non-hydrogen) atoms. The zero-order valence-corrected chi connectivity index (χ0v) is 18.5. The highest BCUT2D eigenvalue weighted by molar-refractivity contribution is 6.36. The van der Waals surface area contributed by atoms with E-state index >= 15 is 0 Å². The number of anilines is 2. The number of methoxy groups -OCH3 is 2. The van der Waals surface area contributed by atoms with E-state index in [-0.39, 0.29) is 12.4 Å². The lowest BCUT2D eigenvalue weighted by molar-refractivity contribution is 0.355. The van der Waals surface area contributed by atoms with Gasteiger partial charge in [-0.15, -0.1) is 12.4 Å². The molecule has 4 rings (SSSR count). The predicted octanol–water partition coefficient (Wildman–Crippen LogP) is 6.79. The fourth-order valence-corrected chi connectivity index (χ4v) is 3.51. The zero-order chi connectivity index (χ0) is 20.4. The molecule has 0 radical (unpaired) electrons. The molecule has 0 saturated heterocycles. The van der Waals surface area contributed by atoms with Crippen molar-refractivity contribution in [1.82, 2.24) is 9.97 Å². The van der Waals surface area contributed by atoms with Gasteiger partial charge in [-0.2, -0.15) is 0 Å². The molecule has 0 aliphatic heterocycles. The second kappa shape index (κ2) is 9.39. The van der Waals surface area contributed by atoms with Crippen LogP contribution in [0.3, 0.4) is 0 Å². The number of nitrogens with zero attached hydrogens (tertiary/aromatic N) is 2. The van der Waals surface area contributed by atoms with Crippen LogP contribution in [0.5, 0.6) is 11.5 Å². The van der Waals surface area contributed by atoms with E-state index in [9.17, 15) is 0 Å². The van der Waals surface area contributed by atoms with E-state index in [0.29, 0.717) is 38.8 Å². The lowest BCUT2D eigenvalue weighted by Gasteiger charge is -2.14. The molecule has 0 aliphatic carbocycles. The SMILES string of the molecule is COc1ccc(Nc2nc(-c3ccc(Cl)cc3Cl)nc3ccccc23)cc1OC.Cl. The van der Waals surface area contributed by atoms with E-state index in [1.165, 1.54) is 0 Å². The normalized spacial score (nSPS) is 10.4. The summed E-state index contributed by atoms with van der Waals surface area (Å²) in [6, 6.07) is 18.6. The summed E-state index contributed by atoms with van der Waals surface area (Å²) in [6.45, 7) is 0. The molecule has 1 heterocycles. The van der Waals surface area contributed by atoms with Crippen molar-refractivity contribution >= 4 is 58.0 Å². The van der Waals surface area contributed by atoms with Gasteiger partial charge in [-0.3, -0.25) is 0 Å². The molecule has 0 aliphatic rings. The molecule has 1 N–H and O–H groups in total. The van der Waals surface area contributed by atoms with E-state index < -0.39 is 0 Å². The molecule has 4 aromatic rings. The van der Waals surface area contributed by atoms with Crippen LogP contribution in [0.15, 0.2) is 60.7 Å². The number of aromatic nitrogens is 2. The van der Waals surface area contributed by atoms with Gasteiger partial charge in [0.15, 0.2) is 17.3 Å². The highest BCUT2D eigenvalue weighted by Gasteiger charge is 2.13. The number of rotatable bonds is 5. The lowest BCUT2D eigenvalue weighted by atomic mass is 10.1. The summed E-state index contributed by atoms with van der Waals surface area (Å²) >= 11 is 12.4. The molecular formula is C22H18Cl3N3O2. The van der Waals surface area contributed by atoms with Crippen molar-refractivity contribution in [2.75, 3.05) is 19.5 Å². The van der Waals surface area contributed by atoms with Crippen molar-refractivity contribution in [3.05, 3.63) is 70.7 Å². The van der Waals surface area contributed by atoms with Crippen LogP contribution >= 0.6 is 35.6 Å². The molecule has 0 fully saturated rings. The molecule has 154 valence electrons. The predicted molar refractivity (Wildman–Crippen MR) is 125 cm³/mol. The summed E-state index contributed by atoms with van der Waals surface area (Å²) in [7, 11) is 3.20. The third kappa shape index (κ3) is 4.38. The number of halogens is 3. The van der Waals surface area contributed by atoms with Crippen LogP contribution in [-0.2, 0) is 0 Å². The maximum Gasteiger partial charge on any atom is 0.163 e. The summed E-state index contributed by atoms with van der Waals surface area (Å²) in [5.41, 5.74) is 2.31. The van der Waals surface area contributed by atoms with Crippen molar-refractivity contribution in [2.45, 2.75) is 0 Å². The van der Waals surface area contributed by atoms with Gasteiger partial charge in [0.25, 0.3) is 0 Å². The van der Waals surface area contributed by atoms with Gasteiger partial charge in [0.2, 0.25) is 0 Å². The topological polar surface area (TPSA) is 56.3 Å².